The van der Waals surface area contributed by atoms with Crippen LogP contribution in [0.4, 0.5) is 0 Å². The molecule has 4 heterocycles. The van der Waals surface area contributed by atoms with E-state index >= 15 is 0 Å². The van der Waals surface area contributed by atoms with Crippen LogP contribution in [0, 0.1) is 0 Å². The summed E-state index contributed by atoms with van der Waals surface area (Å²) in [5.74, 6) is 0. The van der Waals surface area contributed by atoms with Crippen molar-refractivity contribution in [3.8, 4) is 44.5 Å². The molecule has 0 aliphatic heterocycles. The zero-order chi connectivity index (χ0) is 33.0. The molecule has 4 heteroatoms. The first-order valence-corrected chi connectivity index (χ1v) is 16.7. The molecule has 0 unspecified atom stereocenters. The second-order valence-corrected chi connectivity index (χ2v) is 12.7. The number of fused-ring (bicyclic) bond motifs is 11. The van der Waals surface area contributed by atoms with Gasteiger partial charge in [-0.25, -0.2) is 0 Å². The number of benzene rings is 6. The summed E-state index contributed by atoms with van der Waals surface area (Å²) in [6.07, 6.45) is 14.9. The molecule has 50 heavy (non-hydrogen) atoms. The van der Waals surface area contributed by atoms with Gasteiger partial charge in [0.05, 0.1) is 0 Å². The molecule has 0 saturated heterocycles. The number of nitrogens with zero attached hydrogens (tertiary/aromatic N) is 4. The van der Waals surface area contributed by atoms with Gasteiger partial charge in [0, 0.05) is 49.6 Å². The van der Waals surface area contributed by atoms with Crippen molar-refractivity contribution in [3.63, 3.8) is 0 Å². The number of hydrogen-bond donors (Lipinski definition) is 0. The lowest BCUT2D eigenvalue weighted by atomic mass is 9.84. The average Bonchev–Trinajstić information content (AvgIpc) is 3.21. The van der Waals surface area contributed by atoms with Gasteiger partial charge in [-0.05, 0) is 171 Å². The van der Waals surface area contributed by atoms with Crippen LogP contribution in [0.1, 0.15) is 0 Å². The monoisotopic (exact) mass is 636 g/mol. The van der Waals surface area contributed by atoms with Gasteiger partial charge in [-0.1, -0.05) is 48.5 Å². The Labute approximate surface area is 288 Å². The van der Waals surface area contributed by atoms with Gasteiger partial charge in [0.15, 0.2) is 0 Å². The maximum atomic E-state index is 4.29. The van der Waals surface area contributed by atoms with Gasteiger partial charge in [-0.15, -0.1) is 0 Å². The van der Waals surface area contributed by atoms with E-state index in [1.165, 1.54) is 53.9 Å². The van der Waals surface area contributed by atoms with E-state index in [-0.39, 0.29) is 0 Å². The highest BCUT2D eigenvalue weighted by atomic mass is 14.6. The molecule has 0 saturated carbocycles. The SMILES string of the molecule is c1cc(-c2ccc3c4ccc(-c5ccncc5)cc4c4c5cc(-c6ccncc6)ccc5c5ccc(-c6ccncc6)cc5c4c3c2)ccn1. The maximum absolute atomic E-state index is 4.29. The zero-order valence-electron chi connectivity index (χ0n) is 27.0. The van der Waals surface area contributed by atoms with Crippen LogP contribution in [0.3, 0.4) is 0 Å². The smallest absolute Gasteiger partial charge is 0.0273 e. The first-order chi connectivity index (χ1) is 24.8. The Kier molecular flexibility index (Phi) is 6.46. The van der Waals surface area contributed by atoms with Crippen LogP contribution < -0.4 is 0 Å². The standard InChI is InChI=1S/C46H28N4/c1-5-37-38-6-2-34(30-11-19-48-20-12-30)26-42(38)46-44-28-36(32-15-23-50-24-16-32)4-8-40(44)39-7-3-35(31-13-21-49-22-14-31)27-43(39)45(46)41(37)25-33(1)29-9-17-47-18-10-29/h1-28H. The first kappa shape index (κ1) is 28.3. The quantitative estimate of drug-likeness (QED) is 0.180. The van der Waals surface area contributed by atoms with E-state index in [0.29, 0.717) is 0 Å². The van der Waals surface area contributed by atoms with E-state index in [2.05, 4.69) is 141 Å². The minimum Gasteiger partial charge on any atom is -0.265 e. The normalized spacial score (nSPS) is 11.6. The van der Waals surface area contributed by atoms with Crippen molar-refractivity contribution in [2.75, 3.05) is 0 Å². The molecule has 0 aliphatic carbocycles. The van der Waals surface area contributed by atoms with Gasteiger partial charge < -0.3 is 0 Å². The van der Waals surface area contributed by atoms with Crippen molar-refractivity contribution in [2.24, 2.45) is 0 Å². The maximum Gasteiger partial charge on any atom is 0.0273 e. The second kappa shape index (κ2) is 11.4. The minimum absolute atomic E-state index is 1.14. The summed E-state index contributed by atoms with van der Waals surface area (Å²) in [4.78, 5) is 17.2. The fourth-order valence-electron chi connectivity index (χ4n) is 7.67. The van der Waals surface area contributed by atoms with Crippen LogP contribution in [-0.4, -0.2) is 19.9 Å². The van der Waals surface area contributed by atoms with E-state index in [1.54, 1.807) is 0 Å². The highest BCUT2D eigenvalue weighted by Crippen LogP contribution is 2.47. The van der Waals surface area contributed by atoms with Crippen LogP contribution in [0.5, 0.6) is 0 Å². The Morgan fingerprint density at radius 1 is 0.200 bits per heavy atom. The third kappa shape index (κ3) is 4.54. The summed E-state index contributed by atoms with van der Waals surface area (Å²) >= 11 is 0. The summed E-state index contributed by atoms with van der Waals surface area (Å²) in [6.45, 7) is 0. The van der Waals surface area contributed by atoms with Crippen molar-refractivity contribution in [1.29, 1.82) is 0 Å². The molecule has 232 valence electrons. The lowest BCUT2D eigenvalue weighted by Gasteiger charge is -2.19. The van der Waals surface area contributed by atoms with Crippen molar-refractivity contribution in [3.05, 3.63) is 171 Å². The predicted molar refractivity (Wildman–Crippen MR) is 207 cm³/mol. The molecule has 0 spiro atoms. The van der Waals surface area contributed by atoms with Crippen LogP contribution in [-0.2, 0) is 0 Å². The van der Waals surface area contributed by atoms with Gasteiger partial charge in [-0.2, -0.15) is 0 Å². The van der Waals surface area contributed by atoms with Crippen molar-refractivity contribution >= 4 is 53.9 Å². The van der Waals surface area contributed by atoms with Crippen LogP contribution in [0.25, 0.3) is 98.4 Å². The molecule has 0 amide bonds. The summed E-state index contributed by atoms with van der Waals surface area (Å²) in [5, 5.41) is 12.3. The molecule has 0 bridgehead atoms. The molecule has 0 fully saturated rings. The first-order valence-electron chi connectivity index (χ1n) is 16.7. The molecule has 0 aliphatic rings. The van der Waals surface area contributed by atoms with E-state index < -0.39 is 0 Å². The highest BCUT2D eigenvalue weighted by molar-refractivity contribution is 6.40. The lowest BCUT2D eigenvalue weighted by Crippen LogP contribution is -1.91. The van der Waals surface area contributed by atoms with E-state index in [1.807, 2.05) is 49.6 Å². The van der Waals surface area contributed by atoms with Gasteiger partial charge >= 0.3 is 0 Å². The minimum atomic E-state index is 1.14. The lowest BCUT2D eigenvalue weighted by molar-refractivity contribution is 1.33. The molecule has 6 aromatic carbocycles. The third-order valence-corrected chi connectivity index (χ3v) is 10.0. The molecular weight excluding hydrogens is 609 g/mol. The molecule has 0 radical (unpaired) electrons. The van der Waals surface area contributed by atoms with E-state index in [0.717, 1.165) is 44.5 Å². The Morgan fingerprint density at radius 2 is 0.420 bits per heavy atom. The van der Waals surface area contributed by atoms with Gasteiger partial charge in [0.1, 0.15) is 0 Å². The van der Waals surface area contributed by atoms with E-state index in [9.17, 15) is 0 Å². The van der Waals surface area contributed by atoms with Gasteiger partial charge in [-0.3, -0.25) is 19.9 Å². The van der Waals surface area contributed by atoms with Crippen molar-refractivity contribution < 1.29 is 0 Å². The van der Waals surface area contributed by atoms with Crippen LogP contribution >= 0.6 is 0 Å². The Morgan fingerprint density at radius 3 is 0.640 bits per heavy atom. The van der Waals surface area contributed by atoms with Crippen molar-refractivity contribution in [2.45, 2.75) is 0 Å². The molecule has 0 atom stereocenters. The predicted octanol–water partition coefficient (Wildman–Crippen LogP) is 11.7. The Hall–Kier alpha value is -6.78. The molecular formula is C46H28N4. The fraction of sp³-hybridized carbons (Fsp3) is 0. The Bertz CT molecular complexity index is 2490. The van der Waals surface area contributed by atoms with Gasteiger partial charge in [0.2, 0.25) is 0 Å². The number of pyridine rings is 4. The molecule has 0 N–H and O–H groups in total. The molecule has 4 aromatic heterocycles. The summed E-state index contributed by atoms with van der Waals surface area (Å²) in [6, 6.07) is 44.4. The molecule has 10 rings (SSSR count). The summed E-state index contributed by atoms with van der Waals surface area (Å²) in [7, 11) is 0. The van der Waals surface area contributed by atoms with Crippen molar-refractivity contribution in [1.82, 2.24) is 19.9 Å². The Balaban J connectivity index is 1.44. The number of rotatable bonds is 4. The zero-order valence-corrected chi connectivity index (χ0v) is 27.0. The number of aromatic nitrogens is 4. The number of hydrogen-bond acceptors (Lipinski definition) is 4. The van der Waals surface area contributed by atoms with Gasteiger partial charge in [0.25, 0.3) is 0 Å². The average molecular weight is 637 g/mol. The summed E-state index contributed by atoms with van der Waals surface area (Å²) in [5.41, 5.74) is 9.24. The molecule has 4 nitrogen and oxygen atoms in total. The van der Waals surface area contributed by atoms with Crippen LogP contribution in [0.2, 0.25) is 0 Å². The summed E-state index contributed by atoms with van der Waals surface area (Å²) < 4.78 is 0. The largest absolute Gasteiger partial charge is 0.265 e. The third-order valence-electron chi connectivity index (χ3n) is 10.0. The highest BCUT2D eigenvalue weighted by Gasteiger charge is 2.19. The molecule has 10 aromatic rings. The fourth-order valence-corrected chi connectivity index (χ4v) is 7.67. The topological polar surface area (TPSA) is 51.6 Å². The second-order valence-electron chi connectivity index (χ2n) is 12.7. The van der Waals surface area contributed by atoms with Crippen LogP contribution in [0.15, 0.2) is 171 Å². The van der Waals surface area contributed by atoms with E-state index in [4.69, 9.17) is 0 Å².